The number of quaternary nitrogens is 1. The van der Waals surface area contributed by atoms with Gasteiger partial charge in [0.1, 0.15) is 0 Å². The van der Waals surface area contributed by atoms with Crippen LogP contribution in [0.1, 0.15) is 46.5 Å². The van der Waals surface area contributed by atoms with Crippen LogP contribution in [0.4, 0.5) is 0 Å². The fourth-order valence-corrected chi connectivity index (χ4v) is 3.08. The number of rotatable bonds is 6. The van der Waals surface area contributed by atoms with E-state index >= 15 is 0 Å². The Morgan fingerprint density at radius 1 is 1.17 bits per heavy atom. The second kappa shape index (κ2) is 6.91. The van der Waals surface area contributed by atoms with Crippen molar-refractivity contribution in [2.75, 3.05) is 34.3 Å². The Morgan fingerprint density at radius 3 is 2.39 bits per heavy atom. The molecule has 1 fully saturated rings. The van der Waals surface area contributed by atoms with Crippen molar-refractivity contribution in [3.8, 4) is 0 Å². The standard InChI is InChI=1S/C16H34NO/c1-13(2)15-9-8-14(3)12-16(15)18-11-7-10-17(4,5)6/h13-16H,7-12H2,1-6H3/q+1. The molecule has 0 spiro atoms. The molecule has 2 heteroatoms. The lowest BCUT2D eigenvalue weighted by Gasteiger charge is -2.37. The number of hydrogen-bond donors (Lipinski definition) is 0. The highest BCUT2D eigenvalue weighted by atomic mass is 16.5. The molecular weight excluding hydrogens is 222 g/mol. The van der Waals surface area contributed by atoms with Crippen molar-refractivity contribution in [3.63, 3.8) is 0 Å². The molecule has 1 saturated carbocycles. The smallest absolute Gasteiger partial charge is 0.0802 e. The van der Waals surface area contributed by atoms with Crippen LogP contribution in [-0.4, -0.2) is 44.9 Å². The van der Waals surface area contributed by atoms with Crippen molar-refractivity contribution in [2.45, 2.75) is 52.6 Å². The molecule has 3 unspecified atom stereocenters. The zero-order valence-electron chi connectivity index (χ0n) is 13.4. The number of ether oxygens (including phenoxy) is 1. The van der Waals surface area contributed by atoms with Gasteiger partial charge in [-0.15, -0.1) is 0 Å². The first-order valence-corrected chi connectivity index (χ1v) is 7.71. The van der Waals surface area contributed by atoms with Gasteiger partial charge in [-0.05, 0) is 30.6 Å². The summed E-state index contributed by atoms with van der Waals surface area (Å²) in [5.74, 6) is 2.40. The van der Waals surface area contributed by atoms with Crippen LogP contribution in [0.3, 0.4) is 0 Å². The lowest BCUT2D eigenvalue weighted by Crippen LogP contribution is -2.37. The van der Waals surface area contributed by atoms with Crippen molar-refractivity contribution in [3.05, 3.63) is 0 Å². The highest BCUT2D eigenvalue weighted by Gasteiger charge is 2.31. The molecule has 0 aromatic carbocycles. The molecule has 3 atom stereocenters. The van der Waals surface area contributed by atoms with E-state index < -0.39 is 0 Å². The molecule has 1 rings (SSSR count). The maximum atomic E-state index is 6.21. The van der Waals surface area contributed by atoms with E-state index in [9.17, 15) is 0 Å². The van der Waals surface area contributed by atoms with Crippen LogP contribution in [-0.2, 0) is 4.74 Å². The van der Waals surface area contributed by atoms with Crippen molar-refractivity contribution < 1.29 is 9.22 Å². The number of hydrogen-bond acceptors (Lipinski definition) is 1. The van der Waals surface area contributed by atoms with Crippen molar-refractivity contribution in [1.82, 2.24) is 0 Å². The summed E-state index contributed by atoms with van der Waals surface area (Å²) in [6.45, 7) is 9.22. The molecule has 2 nitrogen and oxygen atoms in total. The minimum Gasteiger partial charge on any atom is -0.378 e. The monoisotopic (exact) mass is 256 g/mol. The third kappa shape index (κ3) is 5.71. The van der Waals surface area contributed by atoms with Crippen LogP contribution in [0.5, 0.6) is 0 Å². The fraction of sp³-hybridized carbons (Fsp3) is 1.00. The Morgan fingerprint density at radius 2 is 1.83 bits per heavy atom. The van der Waals surface area contributed by atoms with E-state index in [1.54, 1.807) is 0 Å². The molecule has 0 aromatic rings. The first kappa shape index (κ1) is 16.0. The van der Waals surface area contributed by atoms with Crippen molar-refractivity contribution in [2.24, 2.45) is 17.8 Å². The molecule has 0 N–H and O–H groups in total. The van der Waals surface area contributed by atoms with Crippen LogP contribution < -0.4 is 0 Å². The van der Waals surface area contributed by atoms with Gasteiger partial charge in [-0.25, -0.2) is 0 Å². The summed E-state index contributed by atoms with van der Waals surface area (Å²) < 4.78 is 7.25. The average Bonchev–Trinajstić information content (AvgIpc) is 2.22. The van der Waals surface area contributed by atoms with Crippen molar-refractivity contribution >= 4 is 0 Å². The van der Waals surface area contributed by atoms with Gasteiger partial charge in [-0.2, -0.15) is 0 Å². The summed E-state index contributed by atoms with van der Waals surface area (Å²) in [6.07, 6.45) is 5.72. The zero-order valence-corrected chi connectivity index (χ0v) is 13.4. The lowest BCUT2D eigenvalue weighted by molar-refractivity contribution is -0.870. The summed E-state index contributed by atoms with van der Waals surface area (Å²) in [4.78, 5) is 0. The van der Waals surface area contributed by atoms with Crippen LogP contribution in [0.15, 0.2) is 0 Å². The van der Waals surface area contributed by atoms with Gasteiger partial charge in [-0.3, -0.25) is 0 Å². The molecule has 0 radical (unpaired) electrons. The van der Waals surface area contributed by atoms with E-state index in [-0.39, 0.29) is 0 Å². The molecule has 0 saturated heterocycles. The Hall–Kier alpha value is -0.0800. The van der Waals surface area contributed by atoms with Gasteiger partial charge in [0, 0.05) is 6.42 Å². The van der Waals surface area contributed by atoms with E-state index in [4.69, 9.17) is 4.74 Å². The van der Waals surface area contributed by atoms with Gasteiger partial charge in [0.05, 0.1) is 40.4 Å². The van der Waals surface area contributed by atoms with E-state index in [0.717, 1.165) is 28.8 Å². The van der Waals surface area contributed by atoms with E-state index in [1.807, 2.05) is 0 Å². The molecule has 1 aliphatic carbocycles. The van der Waals surface area contributed by atoms with Crippen LogP contribution >= 0.6 is 0 Å². The predicted octanol–water partition coefficient (Wildman–Crippen LogP) is 3.56. The second-order valence-electron chi connectivity index (χ2n) is 7.60. The van der Waals surface area contributed by atoms with Gasteiger partial charge >= 0.3 is 0 Å². The summed E-state index contributed by atoms with van der Waals surface area (Å²) in [5.41, 5.74) is 0. The Balaban J connectivity index is 2.32. The lowest BCUT2D eigenvalue weighted by atomic mass is 9.75. The molecule has 1 aliphatic rings. The average molecular weight is 256 g/mol. The Bertz CT molecular complexity index is 232. The molecule has 108 valence electrons. The Labute approximate surface area is 114 Å². The van der Waals surface area contributed by atoms with Gasteiger partial charge in [0.15, 0.2) is 0 Å². The van der Waals surface area contributed by atoms with E-state index in [1.165, 1.54) is 32.2 Å². The van der Waals surface area contributed by atoms with Crippen LogP contribution in [0.2, 0.25) is 0 Å². The first-order valence-electron chi connectivity index (χ1n) is 7.71. The summed E-state index contributed by atoms with van der Waals surface area (Å²) in [6, 6.07) is 0. The van der Waals surface area contributed by atoms with E-state index in [0.29, 0.717) is 6.10 Å². The number of nitrogens with zero attached hydrogens (tertiary/aromatic N) is 1. The Kier molecular flexibility index (Phi) is 6.13. The largest absolute Gasteiger partial charge is 0.378 e. The highest BCUT2D eigenvalue weighted by molar-refractivity contribution is 4.81. The third-order valence-corrected chi connectivity index (χ3v) is 4.27. The van der Waals surface area contributed by atoms with Crippen LogP contribution in [0, 0.1) is 17.8 Å². The fourth-order valence-electron chi connectivity index (χ4n) is 3.08. The summed E-state index contributed by atoms with van der Waals surface area (Å²) >= 11 is 0. The maximum Gasteiger partial charge on any atom is 0.0802 e. The minimum absolute atomic E-state index is 0.515. The first-order chi connectivity index (χ1) is 8.29. The summed E-state index contributed by atoms with van der Waals surface area (Å²) in [5, 5.41) is 0. The quantitative estimate of drug-likeness (QED) is 0.521. The van der Waals surface area contributed by atoms with Gasteiger partial charge in [0.25, 0.3) is 0 Å². The van der Waals surface area contributed by atoms with Gasteiger partial charge in [0.2, 0.25) is 0 Å². The molecule has 0 bridgehead atoms. The van der Waals surface area contributed by atoms with Gasteiger partial charge < -0.3 is 9.22 Å². The predicted molar refractivity (Wildman–Crippen MR) is 78.6 cm³/mol. The normalized spacial score (nSPS) is 29.8. The third-order valence-electron chi connectivity index (χ3n) is 4.27. The van der Waals surface area contributed by atoms with E-state index in [2.05, 4.69) is 41.9 Å². The topological polar surface area (TPSA) is 9.23 Å². The minimum atomic E-state index is 0.515. The molecular formula is C16H34NO+. The van der Waals surface area contributed by atoms with Crippen molar-refractivity contribution in [1.29, 1.82) is 0 Å². The highest BCUT2D eigenvalue weighted by Crippen LogP contribution is 2.35. The molecule has 0 aliphatic heterocycles. The zero-order chi connectivity index (χ0) is 13.8. The van der Waals surface area contributed by atoms with Crippen LogP contribution in [0.25, 0.3) is 0 Å². The molecule has 0 heterocycles. The molecule has 18 heavy (non-hydrogen) atoms. The molecule has 0 amide bonds. The summed E-state index contributed by atoms with van der Waals surface area (Å²) in [7, 11) is 6.75. The maximum absolute atomic E-state index is 6.21. The SMILES string of the molecule is CC1CCC(C(C)C)C(OCCC[N+](C)(C)C)C1. The molecule has 0 aromatic heterocycles. The second-order valence-corrected chi connectivity index (χ2v) is 7.60. The van der Waals surface area contributed by atoms with Gasteiger partial charge in [-0.1, -0.05) is 27.2 Å².